The van der Waals surface area contributed by atoms with Crippen molar-refractivity contribution in [3.8, 4) is 11.4 Å². The number of esters is 1. The number of hydrogen-bond acceptors (Lipinski definition) is 8. The number of benzene rings is 1. The normalized spacial score (nSPS) is 21.3. The fourth-order valence-corrected chi connectivity index (χ4v) is 6.60. The van der Waals surface area contributed by atoms with Crippen LogP contribution in [0.15, 0.2) is 23.0 Å². The average molecular weight is 590 g/mol. The Kier molecular flexibility index (Phi) is 5.12. The molecule has 3 N–H and O–H groups in total. The molecule has 34 heavy (non-hydrogen) atoms. The standard InChI is InChI=1S/C24H23IN4O4S/c1-2-24(32)15-8-19-20-13(10-29(19)22(30)14(15)11-33-23(24)31)21(28-3-5-34-6-4-28)12-7-17(26)16(25)9-18(12)27-20/h7-9,32H,2-6,10-11,26H2,1H3/t24-/m0/s1. The van der Waals surface area contributed by atoms with Gasteiger partial charge in [0.15, 0.2) is 5.60 Å². The number of carbonyl (C=O) groups is 1. The van der Waals surface area contributed by atoms with Crippen molar-refractivity contribution in [1.82, 2.24) is 9.55 Å². The molecule has 0 aliphatic carbocycles. The molecule has 3 aliphatic rings. The molecule has 1 fully saturated rings. The Labute approximate surface area is 213 Å². The van der Waals surface area contributed by atoms with Gasteiger partial charge in [-0.25, -0.2) is 9.78 Å². The second kappa shape index (κ2) is 7.85. The third-order valence-electron chi connectivity index (χ3n) is 7.10. The van der Waals surface area contributed by atoms with Gasteiger partial charge in [0, 0.05) is 50.4 Å². The molecule has 0 saturated carbocycles. The number of halogens is 1. The van der Waals surface area contributed by atoms with Gasteiger partial charge < -0.3 is 25.0 Å². The number of pyridine rings is 2. The van der Waals surface area contributed by atoms with Crippen LogP contribution in [0.1, 0.15) is 30.0 Å². The summed E-state index contributed by atoms with van der Waals surface area (Å²) in [5, 5.41) is 12.1. The van der Waals surface area contributed by atoms with Crippen molar-refractivity contribution >= 4 is 62.6 Å². The number of carbonyl (C=O) groups excluding carboxylic acids is 1. The fourth-order valence-electron chi connectivity index (χ4n) is 5.25. The van der Waals surface area contributed by atoms with Gasteiger partial charge in [0.2, 0.25) is 0 Å². The van der Waals surface area contributed by atoms with Crippen LogP contribution < -0.4 is 16.2 Å². The molecule has 1 atom stereocenters. The summed E-state index contributed by atoms with van der Waals surface area (Å²) in [5.74, 6) is 1.35. The summed E-state index contributed by atoms with van der Waals surface area (Å²) < 4.78 is 7.81. The number of thioether (sulfide) groups is 1. The molecule has 1 aromatic carbocycles. The first kappa shape index (κ1) is 22.2. The zero-order valence-electron chi connectivity index (χ0n) is 18.6. The molecule has 0 bridgehead atoms. The molecule has 8 nitrogen and oxygen atoms in total. The maximum atomic E-state index is 13.6. The molecule has 6 rings (SSSR count). The third kappa shape index (κ3) is 3.04. The number of nitrogens with two attached hydrogens (primary N) is 1. The van der Waals surface area contributed by atoms with Crippen LogP contribution >= 0.6 is 34.4 Å². The minimum absolute atomic E-state index is 0.119. The summed E-state index contributed by atoms with van der Waals surface area (Å²) in [7, 11) is 0. The Morgan fingerprint density at radius 3 is 2.74 bits per heavy atom. The smallest absolute Gasteiger partial charge is 0.343 e. The number of fused-ring (bicyclic) bond motifs is 5. The highest BCUT2D eigenvalue weighted by Gasteiger charge is 2.45. The Balaban J connectivity index is 1.65. The molecular formula is C24H23IN4O4S. The van der Waals surface area contributed by atoms with E-state index in [0.717, 1.165) is 56.0 Å². The van der Waals surface area contributed by atoms with E-state index in [-0.39, 0.29) is 18.6 Å². The van der Waals surface area contributed by atoms with E-state index in [1.165, 1.54) is 0 Å². The highest BCUT2D eigenvalue weighted by Crippen LogP contribution is 2.44. The summed E-state index contributed by atoms with van der Waals surface area (Å²) in [6.07, 6.45) is 0.119. The zero-order chi connectivity index (χ0) is 23.8. The molecule has 1 saturated heterocycles. The minimum atomic E-state index is -1.83. The summed E-state index contributed by atoms with van der Waals surface area (Å²) >= 11 is 4.14. The quantitative estimate of drug-likeness (QED) is 0.209. The minimum Gasteiger partial charge on any atom is -0.458 e. The lowest BCUT2D eigenvalue weighted by Gasteiger charge is -2.31. The first-order valence-corrected chi connectivity index (χ1v) is 13.5. The van der Waals surface area contributed by atoms with Crippen molar-refractivity contribution in [2.75, 3.05) is 35.2 Å². The second-order valence-electron chi connectivity index (χ2n) is 8.88. The molecule has 176 valence electrons. The Morgan fingerprint density at radius 1 is 1.24 bits per heavy atom. The number of nitrogens with zero attached hydrogens (tertiary/aromatic N) is 3. The largest absolute Gasteiger partial charge is 0.458 e. The van der Waals surface area contributed by atoms with Crippen molar-refractivity contribution in [1.29, 1.82) is 0 Å². The fraction of sp³-hybridized carbons (Fsp3) is 0.375. The number of rotatable bonds is 2. The van der Waals surface area contributed by atoms with Crippen molar-refractivity contribution in [2.24, 2.45) is 0 Å². The average Bonchev–Trinajstić information content (AvgIpc) is 3.20. The van der Waals surface area contributed by atoms with Crippen LogP contribution in [0, 0.1) is 3.57 Å². The molecule has 3 aromatic rings. The number of nitrogen functional groups attached to an aromatic ring is 1. The number of hydrogen-bond donors (Lipinski definition) is 2. The van der Waals surface area contributed by atoms with Crippen LogP contribution in [0.4, 0.5) is 11.4 Å². The van der Waals surface area contributed by atoms with Gasteiger partial charge in [0.05, 0.1) is 34.7 Å². The first-order chi connectivity index (χ1) is 16.3. The van der Waals surface area contributed by atoms with E-state index < -0.39 is 11.6 Å². The SMILES string of the molecule is CC[C@@]1(O)C(=O)OCc2c1cc1n(c2=O)Cc2c-1nc1cc(I)c(N)cc1c2N1CCSCC1. The molecule has 3 aliphatic heterocycles. The van der Waals surface area contributed by atoms with E-state index in [1.807, 2.05) is 23.9 Å². The van der Waals surface area contributed by atoms with Gasteiger partial charge in [-0.15, -0.1) is 0 Å². The van der Waals surface area contributed by atoms with E-state index in [4.69, 9.17) is 15.5 Å². The predicted octanol–water partition coefficient (Wildman–Crippen LogP) is 2.82. The molecular weight excluding hydrogens is 567 g/mol. The summed E-state index contributed by atoms with van der Waals surface area (Å²) in [6, 6.07) is 5.73. The molecule has 0 unspecified atom stereocenters. The van der Waals surface area contributed by atoms with Gasteiger partial charge >= 0.3 is 5.97 Å². The van der Waals surface area contributed by atoms with Crippen LogP contribution in [0.25, 0.3) is 22.3 Å². The van der Waals surface area contributed by atoms with Gasteiger partial charge in [0.25, 0.3) is 5.56 Å². The molecule has 10 heteroatoms. The van der Waals surface area contributed by atoms with E-state index >= 15 is 0 Å². The maximum Gasteiger partial charge on any atom is 0.343 e. The predicted molar refractivity (Wildman–Crippen MR) is 141 cm³/mol. The third-order valence-corrected chi connectivity index (χ3v) is 8.98. The van der Waals surface area contributed by atoms with Crippen molar-refractivity contribution in [3.05, 3.63) is 48.8 Å². The lowest BCUT2D eigenvalue weighted by molar-refractivity contribution is -0.172. The summed E-state index contributed by atoms with van der Waals surface area (Å²) in [4.78, 5) is 33.4. The molecule has 2 aromatic heterocycles. The van der Waals surface area contributed by atoms with Crippen molar-refractivity contribution in [2.45, 2.75) is 32.1 Å². The maximum absolute atomic E-state index is 13.6. The highest BCUT2D eigenvalue weighted by atomic mass is 127. The number of cyclic esters (lactones) is 1. The lowest BCUT2D eigenvalue weighted by atomic mass is 9.86. The molecule has 0 radical (unpaired) electrons. The highest BCUT2D eigenvalue weighted by molar-refractivity contribution is 14.1. The number of aliphatic hydroxyl groups is 1. The van der Waals surface area contributed by atoms with Gasteiger partial charge in [-0.1, -0.05) is 6.92 Å². The van der Waals surface area contributed by atoms with Crippen LogP contribution in [-0.4, -0.2) is 45.2 Å². The van der Waals surface area contributed by atoms with Gasteiger partial charge in [-0.3, -0.25) is 4.79 Å². The van der Waals surface area contributed by atoms with Crippen LogP contribution in [-0.2, 0) is 28.3 Å². The van der Waals surface area contributed by atoms with Crippen molar-refractivity contribution < 1.29 is 14.6 Å². The molecule has 0 amide bonds. The van der Waals surface area contributed by atoms with E-state index in [9.17, 15) is 14.7 Å². The first-order valence-electron chi connectivity index (χ1n) is 11.2. The van der Waals surface area contributed by atoms with Crippen LogP contribution in [0.5, 0.6) is 0 Å². The monoisotopic (exact) mass is 590 g/mol. The summed E-state index contributed by atoms with van der Waals surface area (Å²) in [6.45, 7) is 3.76. The lowest BCUT2D eigenvalue weighted by Crippen LogP contribution is -2.44. The topological polar surface area (TPSA) is 111 Å². The van der Waals surface area contributed by atoms with E-state index in [0.29, 0.717) is 29.1 Å². The van der Waals surface area contributed by atoms with Crippen molar-refractivity contribution in [3.63, 3.8) is 0 Å². The zero-order valence-corrected chi connectivity index (χ0v) is 21.5. The molecule has 5 heterocycles. The van der Waals surface area contributed by atoms with Gasteiger partial charge in [-0.2, -0.15) is 11.8 Å². The molecule has 0 spiro atoms. The van der Waals surface area contributed by atoms with Crippen LogP contribution in [0.3, 0.4) is 0 Å². The van der Waals surface area contributed by atoms with E-state index in [1.54, 1.807) is 17.6 Å². The van der Waals surface area contributed by atoms with Gasteiger partial charge in [-0.05, 0) is 47.2 Å². The Hall–Kier alpha value is -2.31. The number of anilines is 2. The summed E-state index contributed by atoms with van der Waals surface area (Å²) in [5.41, 5.74) is 9.79. The number of ether oxygens (including phenoxy) is 1. The van der Waals surface area contributed by atoms with Crippen LogP contribution in [0.2, 0.25) is 0 Å². The second-order valence-corrected chi connectivity index (χ2v) is 11.3. The Morgan fingerprint density at radius 2 is 2.00 bits per heavy atom. The number of aromatic nitrogens is 2. The van der Waals surface area contributed by atoms with Gasteiger partial charge in [0.1, 0.15) is 6.61 Å². The Bertz CT molecular complexity index is 1450. The van der Waals surface area contributed by atoms with E-state index in [2.05, 4.69) is 27.5 Å².